The summed E-state index contributed by atoms with van der Waals surface area (Å²) in [6.45, 7) is 2.12. The van der Waals surface area contributed by atoms with Gasteiger partial charge in [-0.2, -0.15) is 0 Å². The minimum absolute atomic E-state index is 0.118. The number of nitrogens with zero attached hydrogens (tertiary/aromatic N) is 3. The van der Waals surface area contributed by atoms with Crippen molar-refractivity contribution in [3.8, 4) is 0 Å². The Bertz CT molecular complexity index is 4210. The standard InChI is InChI=1S/C19H18FNO2.C18H17FN2O2.C18H16FNO2.C15H18O2.C14H16O3/c1-23-18(22)19(16-5-3-2-4-6-16)9-7-14(8-10-19)15-11-17(20)13-21-12-15;19-16-10-14(11-20-12-16)13-6-8-18(9-7-13,17(22)21-23)15-4-2-1-3-5-15;19-16-10-14(11-20-12-16)13-6-8-18(9-7-13,17(21)22)15-4-2-1-3-5-15;1-12-8-10-15(11-9-12,14(16)17-2)13-6-4-3-5-7-13;1-17-13(16)14(9-7-12(15)8-10-14)11-5-3-2-4-6-11/h2-7,11-13H,8-10H2,1H3;1-6,10-12,23H,7-9H2,(H,21,22);1-6,10-12H,7-9H2,(H,21,22);3-8H,9-11H2,1-2H3;2-6H,7-10H2,1H3. The molecule has 3 aromatic heterocycles. The molecule has 3 N–H and O–H groups in total. The number of esters is 3. The van der Waals surface area contributed by atoms with E-state index in [1.54, 1.807) is 24.1 Å². The number of halogens is 3. The van der Waals surface area contributed by atoms with E-state index >= 15 is 0 Å². The van der Waals surface area contributed by atoms with Gasteiger partial charge in [0.15, 0.2) is 0 Å². The Balaban J connectivity index is 0.000000149. The number of ketones is 1. The van der Waals surface area contributed by atoms with E-state index in [-0.39, 0.29) is 41.1 Å². The van der Waals surface area contributed by atoms with Gasteiger partial charge in [0.25, 0.3) is 5.91 Å². The quantitative estimate of drug-likeness (QED) is 0.0321. The molecule has 4 atom stereocenters. The summed E-state index contributed by atoms with van der Waals surface area (Å²) in [5.41, 5.74) is 9.53. The molecule has 8 aromatic rings. The molecule has 5 aliphatic rings. The number of carbonyl (C=O) groups excluding carboxylic acids is 5. The Kier molecular flexibility index (Phi) is 25.9. The van der Waals surface area contributed by atoms with E-state index in [2.05, 4.69) is 28.0 Å². The fraction of sp³-hybridized carbons (Fsp3) is 0.298. The monoisotopic (exact) mass is 1380 g/mol. The minimum atomic E-state index is -0.897. The van der Waals surface area contributed by atoms with Gasteiger partial charge >= 0.3 is 23.9 Å². The van der Waals surface area contributed by atoms with E-state index in [0.29, 0.717) is 83.5 Å². The molecular weight excluding hydrogens is 1300 g/mol. The van der Waals surface area contributed by atoms with Gasteiger partial charge in [0.05, 0.1) is 67.0 Å². The molecule has 0 radical (unpaired) electrons. The molecule has 5 aliphatic carbocycles. The average Bonchev–Trinajstić information content (AvgIpc) is 0.815. The number of allylic oxidation sites excluding steroid dienone is 8. The van der Waals surface area contributed by atoms with Crippen molar-refractivity contribution in [2.75, 3.05) is 21.3 Å². The number of aromatic nitrogens is 3. The second-order valence-corrected chi connectivity index (χ2v) is 26.2. The fourth-order valence-corrected chi connectivity index (χ4v) is 14.4. The third-order valence-corrected chi connectivity index (χ3v) is 20.5. The second-order valence-electron chi connectivity index (χ2n) is 26.2. The van der Waals surface area contributed by atoms with Crippen molar-refractivity contribution in [1.29, 1.82) is 0 Å². The van der Waals surface area contributed by atoms with Crippen LogP contribution in [0.5, 0.6) is 0 Å². The van der Waals surface area contributed by atoms with Crippen molar-refractivity contribution in [2.24, 2.45) is 0 Å². The summed E-state index contributed by atoms with van der Waals surface area (Å²) in [6.07, 6.45) is 25.9. The molecule has 1 saturated carbocycles. The lowest BCUT2D eigenvalue weighted by Gasteiger charge is -2.35. The first-order valence-electron chi connectivity index (χ1n) is 34.1. The van der Waals surface area contributed by atoms with Crippen LogP contribution in [0.2, 0.25) is 0 Å². The lowest BCUT2D eigenvalue weighted by atomic mass is 9.69. The molecule has 1 amide bonds. The summed E-state index contributed by atoms with van der Waals surface area (Å²) in [4.78, 5) is 83.8. The number of aliphatic carboxylic acids is 1. The molecular formula is C84H85F3N4O11. The van der Waals surface area contributed by atoms with Gasteiger partial charge in [0, 0.05) is 31.4 Å². The highest BCUT2D eigenvalue weighted by atomic mass is 19.1. The van der Waals surface area contributed by atoms with Crippen LogP contribution in [-0.2, 0) is 70.1 Å². The maximum Gasteiger partial charge on any atom is 0.316 e. The molecule has 3 heterocycles. The number of benzene rings is 5. The molecule has 18 heteroatoms. The third-order valence-electron chi connectivity index (χ3n) is 20.5. The fourth-order valence-electron chi connectivity index (χ4n) is 14.4. The van der Waals surface area contributed by atoms with E-state index in [1.165, 1.54) is 63.7 Å². The Labute approximate surface area is 593 Å². The number of carbonyl (C=O) groups is 6. The number of hydrogen-bond donors (Lipinski definition) is 3. The highest BCUT2D eigenvalue weighted by Crippen LogP contribution is 2.46. The zero-order valence-electron chi connectivity index (χ0n) is 57.8. The van der Waals surface area contributed by atoms with Crippen molar-refractivity contribution >= 4 is 52.3 Å². The number of rotatable bonds is 13. The molecule has 1 fully saturated rings. The van der Waals surface area contributed by atoms with Gasteiger partial charge in [-0.1, -0.05) is 182 Å². The maximum absolute atomic E-state index is 13.4. The number of carboxylic acid groups (broad SMARTS) is 1. The van der Waals surface area contributed by atoms with Gasteiger partial charge in [-0.3, -0.25) is 48.9 Å². The number of pyridine rings is 3. The van der Waals surface area contributed by atoms with Gasteiger partial charge in [0.2, 0.25) is 0 Å². The molecule has 5 aromatic carbocycles. The number of Topliss-reactive ketones (excluding diaryl/α,β-unsaturated/α-hetero) is 1. The van der Waals surface area contributed by atoms with Crippen molar-refractivity contribution in [2.45, 2.75) is 137 Å². The molecule has 0 aliphatic heterocycles. The minimum Gasteiger partial charge on any atom is -0.481 e. The van der Waals surface area contributed by atoms with Gasteiger partial charge in [0.1, 0.15) is 23.2 Å². The first kappa shape index (κ1) is 75.5. The molecule has 15 nitrogen and oxygen atoms in total. The summed E-state index contributed by atoms with van der Waals surface area (Å²) in [6, 6.07) is 52.4. The SMILES string of the molecule is COC(=O)C1(c2ccccc2)CC=C(C)CC1.COC(=O)C1(c2ccccc2)CC=C(c2cncc(F)c2)CC1.COC(=O)C1(c2ccccc2)CCC(=O)CC1.O=C(NO)C1(c2ccccc2)CC=C(c2cncc(F)c2)CC1.O=C(O)C1(c2ccccc2)CC=C(c2cncc(F)c2)CC1. The molecule has 0 spiro atoms. The summed E-state index contributed by atoms with van der Waals surface area (Å²) in [7, 11) is 4.30. The number of nitrogens with one attached hydrogen (secondary N) is 1. The van der Waals surface area contributed by atoms with Crippen LogP contribution in [0.15, 0.2) is 237 Å². The number of hydroxylamine groups is 1. The number of hydrogen-bond acceptors (Lipinski definition) is 13. The zero-order chi connectivity index (χ0) is 72.8. The first-order valence-corrected chi connectivity index (χ1v) is 34.1. The number of ether oxygens (including phenoxy) is 3. The van der Waals surface area contributed by atoms with Crippen molar-refractivity contribution in [1.82, 2.24) is 20.4 Å². The highest BCUT2D eigenvalue weighted by molar-refractivity contribution is 5.90. The summed E-state index contributed by atoms with van der Waals surface area (Å²) < 4.78 is 55.0. The van der Waals surface area contributed by atoms with Crippen LogP contribution in [-0.4, -0.2) is 82.2 Å². The van der Waals surface area contributed by atoms with Gasteiger partial charge in [-0.25, -0.2) is 18.7 Å². The van der Waals surface area contributed by atoms with Crippen molar-refractivity contribution in [3.05, 3.63) is 299 Å². The van der Waals surface area contributed by atoms with Gasteiger partial charge in [-0.15, -0.1) is 0 Å². The lowest BCUT2D eigenvalue weighted by Crippen LogP contribution is -2.44. The van der Waals surface area contributed by atoms with Crippen LogP contribution in [0.1, 0.15) is 154 Å². The molecule has 528 valence electrons. The van der Waals surface area contributed by atoms with Crippen LogP contribution in [0.3, 0.4) is 0 Å². The predicted molar refractivity (Wildman–Crippen MR) is 383 cm³/mol. The smallest absolute Gasteiger partial charge is 0.316 e. The molecule has 102 heavy (non-hydrogen) atoms. The number of methoxy groups -OCH3 is 3. The molecule has 0 saturated heterocycles. The van der Waals surface area contributed by atoms with Gasteiger partial charge < -0.3 is 19.3 Å². The Morgan fingerprint density at radius 1 is 0.392 bits per heavy atom. The van der Waals surface area contributed by atoms with Crippen molar-refractivity contribution in [3.63, 3.8) is 0 Å². The molecule has 13 rings (SSSR count). The van der Waals surface area contributed by atoms with Crippen LogP contribution in [0.25, 0.3) is 16.7 Å². The van der Waals surface area contributed by atoms with Crippen molar-refractivity contribution < 1.29 is 66.5 Å². The van der Waals surface area contributed by atoms with E-state index < -0.39 is 39.0 Å². The number of amides is 1. The highest BCUT2D eigenvalue weighted by Gasteiger charge is 2.47. The topological polar surface area (TPSA) is 221 Å². The molecule has 4 unspecified atom stereocenters. The van der Waals surface area contributed by atoms with E-state index in [0.717, 1.165) is 80.5 Å². The van der Waals surface area contributed by atoms with E-state index in [4.69, 9.17) is 19.4 Å². The third kappa shape index (κ3) is 17.5. The van der Waals surface area contributed by atoms with E-state index in [9.17, 15) is 47.0 Å². The predicted octanol–water partition coefficient (Wildman–Crippen LogP) is 16.4. The molecule has 0 bridgehead atoms. The summed E-state index contributed by atoms with van der Waals surface area (Å²) in [5.74, 6) is -2.67. The Morgan fingerprint density at radius 2 is 0.676 bits per heavy atom. The van der Waals surface area contributed by atoms with Gasteiger partial charge in [-0.05, 0) is 176 Å². The average molecular weight is 1380 g/mol. The van der Waals surface area contributed by atoms with Crippen LogP contribution < -0.4 is 5.48 Å². The second kappa shape index (κ2) is 35.1. The zero-order valence-corrected chi connectivity index (χ0v) is 57.8. The van der Waals surface area contributed by atoms with Crippen LogP contribution in [0, 0.1) is 17.5 Å². The lowest BCUT2D eigenvalue weighted by molar-refractivity contribution is -0.150. The van der Waals surface area contributed by atoms with Crippen LogP contribution in [0.4, 0.5) is 13.2 Å². The maximum atomic E-state index is 13.4. The van der Waals surface area contributed by atoms with E-state index in [1.807, 2.05) is 170 Å². The largest absolute Gasteiger partial charge is 0.481 e. The normalized spacial score (nSPS) is 21.0. The Morgan fingerprint density at radius 3 is 0.971 bits per heavy atom. The van der Waals surface area contributed by atoms with Crippen LogP contribution >= 0.6 is 0 Å². The first-order chi connectivity index (χ1) is 49.3. The summed E-state index contributed by atoms with van der Waals surface area (Å²) >= 11 is 0. The summed E-state index contributed by atoms with van der Waals surface area (Å²) in [5, 5.41) is 18.9. The number of carboxylic acids is 1. The Hall–Kier alpha value is -10.7.